The Hall–Kier alpha value is -2.41. The molecule has 1 aromatic carbocycles. The molecule has 7 heteroatoms. The fraction of sp³-hybridized carbons (Fsp3) is 0.591. The van der Waals surface area contributed by atoms with Crippen LogP contribution in [0.1, 0.15) is 49.8 Å². The zero-order valence-corrected chi connectivity index (χ0v) is 18.2. The average molecular weight is 400 g/mol. The highest BCUT2D eigenvalue weighted by Crippen LogP contribution is 2.21. The van der Waals surface area contributed by atoms with Crippen molar-refractivity contribution in [1.82, 2.24) is 25.2 Å². The predicted octanol–water partition coefficient (Wildman–Crippen LogP) is 3.07. The van der Waals surface area contributed by atoms with Gasteiger partial charge < -0.3 is 10.1 Å². The van der Waals surface area contributed by atoms with Crippen molar-refractivity contribution in [3.05, 3.63) is 35.7 Å². The molecule has 1 aliphatic heterocycles. The Labute approximate surface area is 173 Å². The summed E-state index contributed by atoms with van der Waals surface area (Å²) in [7, 11) is 1.63. The molecule has 29 heavy (non-hydrogen) atoms. The lowest BCUT2D eigenvalue weighted by atomic mass is 9.94. The molecule has 1 N–H and O–H groups in total. The van der Waals surface area contributed by atoms with E-state index >= 15 is 0 Å². The average Bonchev–Trinajstić information content (AvgIpc) is 3.10. The topological polar surface area (TPSA) is 72.3 Å². The third-order valence-electron chi connectivity index (χ3n) is 5.94. The van der Waals surface area contributed by atoms with Gasteiger partial charge in [-0.3, -0.25) is 9.69 Å². The van der Waals surface area contributed by atoms with Crippen molar-refractivity contribution < 1.29 is 9.53 Å². The van der Waals surface area contributed by atoms with Gasteiger partial charge in [-0.25, -0.2) is 4.68 Å². The van der Waals surface area contributed by atoms with Gasteiger partial charge in [-0.2, -0.15) is 0 Å². The summed E-state index contributed by atoms with van der Waals surface area (Å²) in [6, 6.07) is 7.88. The van der Waals surface area contributed by atoms with Crippen molar-refractivity contribution in [3.8, 4) is 11.4 Å². The van der Waals surface area contributed by atoms with Gasteiger partial charge in [0.25, 0.3) is 5.91 Å². The molecule has 1 aromatic heterocycles. The molecule has 0 bridgehead atoms. The Morgan fingerprint density at radius 2 is 2.03 bits per heavy atom. The Bertz CT molecular complexity index is 824. The van der Waals surface area contributed by atoms with Gasteiger partial charge >= 0.3 is 0 Å². The number of carbonyl (C=O) groups is 1. The van der Waals surface area contributed by atoms with Crippen LogP contribution in [0.3, 0.4) is 0 Å². The SMILES string of the molecule is COc1cccc(-n2nnc(C(=O)NCC(C(C)C)N3CCC(C)CC3)c2C)c1. The van der Waals surface area contributed by atoms with Crippen LogP contribution in [0.5, 0.6) is 5.75 Å². The van der Waals surface area contributed by atoms with Crippen LogP contribution in [0, 0.1) is 18.8 Å². The number of aromatic nitrogens is 3. The summed E-state index contributed by atoms with van der Waals surface area (Å²) in [5.74, 6) is 1.83. The van der Waals surface area contributed by atoms with Gasteiger partial charge in [-0.05, 0) is 56.8 Å². The molecule has 0 aliphatic carbocycles. The molecule has 1 unspecified atom stereocenters. The molecule has 1 fully saturated rings. The first-order valence-electron chi connectivity index (χ1n) is 10.5. The molecule has 0 radical (unpaired) electrons. The van der Waals surface area contributed by atoms with E-state index in [0.29, 0.717) is 29.9 Å². The summed E-state index contributed by atoms with van der Waals surface area (Å²) in [6.45, 7) is 11.4. The van der Waals surface area contributed by atoms with Crippen LogP contribution in [0.25, 0.3) is 5.69 Å². The van der Waals surface area contributed by atoms with Crippen molar-refractivity contribution >= 4 is 5.91 Å². The van der Waals surface area contributed by atoms with E-state index in [4.69, 9.17) is 4.74 Å². The highest BCUT2D eigenvalue weighted by atomic mass is 16.5. The standard InChI is InChI=1S/C22H33N5O2/c1-15(2)20(26-11-9-16(3)10-12-26)14-23-22(28)21-17(4)27(25-24-21)18-7-6-8-19(13-18)29-5/h6-8,13,15-16,20H,9-12,14H2,1-5H3,(H,23,28). The molecule has 158 valence electrons. The van der Waals surface area contributed by atoms with E-state index in [2.05, 4.69) is 41.3 Å². The molecule has 1 saturated heterocycles. The lowest BCUT2D eigenvalue weighted by molar-refractivity contribution is 0.0858. The maximum Gasteiger partial charge on any atom is 0.273 e. The van der Waals surface area contributed by atoms with Crippen LogP contribution in [-0.2, 0) is 0 Å². The van der Waals surface area contributed by atoms with E-state index in [1.165, 1.54) is 12.8 Å². The minimum atomic E-state index is -0.173. The summed E-state index contributed by atoms with van der Waals surface area (Å²) >= 11 is 0. The summed E-state index contributed by atoms with van der Waals surface area (Å²) in [5, 5.41) is 11.4. The molecular formula is C22H33N5O2. The van der Waals surface area contributed by atoms with Crippen LogP contribution in [0.2, 0.25) is 0 Å². The van der Waals surface area contributed by atoms with Crippen LogP contribution >= 0.6 is 0 Å². The molecule has 3 rings (SSSR count). The van der Waals surface area contributed by atoms with Gasteiger partial charge in [-0.1, -0.05) is 32.1 Å². The highest BCUT2D eigenvalue weighted by molar-refractivity contribution is 5.93. The van der Waals surface area contributed by atoms with E-state index in [0.717, 1.165) is 30.4 Å². The van der Waals surface area contributed by atoms with Gasteiger partial charge in [0.15, 0.2) is 5.69 Å². The summed E-state index contributed by atoms with van der Waals surface area (Å²) in [4.78, 5) is 15.3. The summed E-state index contributed by atoms with van der Waals surface area (Å²) in [5.41, 5.74) is 1.89. The minimum absolute atomic E-state index is 0.173. The van der Waals surface area contributed by atoms with Crippen LogP contribution in [0.4, 0.5) is 0 Å². The quantitative estimate of drug-likeness (QED) is 0.775. The van der Waals surface area contributed by atoms with E-state index < -0.39 is 0 Å². The lowest BCUT2D eigenvalue weighted by Crippen LogP contribution is -2.49. The lowest BCUT2D eigenvalue weighted by Gasteiger charge is -2.38. The molecule has 0 saturated carbocycles. The second-order valence-electron chi connectivity index (χ2n) is 8.38. The molecule has 1 atom stereocenters. The fourth-order valence-corrected chi connectivity index (χ4v) is 3.95. The second kappa shape index (κ2) is 9.39. The first-order chi connectivity index (χ1) is 13.9. The number of rotatable bonds is 7. The number of methoxy groups -OCH3 is 1. The maximum absolute atomic E-state index is 12.8. The van der Waals surface area contributed by atoms with Crippen molar-refractivity contribution in [1.29, 1.82) is 0 Å². The van der Waals surface area contributed by atoms with E-state index in [1.807, 2.05) is 31.2 Å². The predicted molar refractivity (Wildman–Crippen MR) is 114 cm³/mol. The number of hydrogen-bond donors (Lipinski definition) is 1. The molecule has 7 nitrogen and oxygen atoms in total. The van der Waals surface area contributed by atoms with Gasteiger partial charge in [0.2, 0.25) is 0 Å². The first-order valence-corrected chi connectivity index (χ1v) is 10.5. The molecule has 2 aromatic rings. The highest BCUT2D eigenvalue weighted by Gasteiger charge is 2.27. The number of carbonyl (C=O) groups excluding carboxylic acids is 1. The molecule has 0 spiro atoms. The monoisotopic (exact) mass is 399 g/mol. The number of benzene rings is 1. The van der Waals surface area contributed by atoms with Gasteiger partial charge in [-0.15, -0.1) is 5.10 Å². The zero-order chi connectivity index (χ0) is 21.0. The van der Waals surface area contributed by atoms with E-state index in [9.17, 15) is 4.79 Å². The number of hydrogen-bond acceptors (Lipinski definition) is 5. The van der Waals surface area contributed by atoms with E-state index in [1.54, 1.807) is 11.8 Å². The zero-order valence-electron chi connectivity index (χ0n) is 18.2. The molecule has 2 heterocycles. The van der Waals surface area contributed by atoms with Crippen molar-refractivity contribution in [2.45, 2.75) is 46.6 Å². The minimum Gasteiger partial charge on any atom is -0.497 e. The Morgan fingerprint density at radius 3 is 2.69 bits per heavy atom. The van der Waals surface area contributed by atoms with Crippen LogP contribution in [0.15, 0.2) is 24.3 Å². The number of ether oxygens (including phenoxy) is 1. The van der Waals surface area contributed by atoms with Crippen LogP contribution in [-0.4, -0.2) is 58.6 Å². The van der Waals surface area contributed by atoms with Gasteiger partial charge in [0.05, 0.1) is 18.5 Å². The smallest absolute Gasteiger partial charge is 0.273 e. The van der Waals surface area contributed by atoms with Gasteiger partial charge in [0, 0.05) is 18.7 Å². The Balaban J connectivity index is 1.68. The number of amides is 1. The largest absolute Gasteiger partial charge is 0.497 e. The number of likely N-dealkylation sites (tertiary alicyclic amines) is 1. The molecule has 1 aliphatic rings. The summed E-state index contributed by atoms with van der Waals surface area (Å²) in [6.07, 6.45) is 2.45. The first kappa shape index (κ1) is 21.3. The van der Waals surface area contributed by atoms with Crippen molar-refractivity contribution in [2.75, 3.05) is 26.7 Å². The molecular weight excluding hydrogens is 366 g/mol. The number of nitrogens with zero attached hydrogens (tertiary/aromatic N) is 4. The Morgan fingerprint density at radius 1 is 1.31 bits per heavy atom. The molecule has 1 amide bonds. The third kappa shape index (κ3) is 4.96. The summed E-state index contributed by atoms with van der Waals surface area (Å²) < 4.78 is 6.95. The van der Waals surface area contributed by atoms with E-state index in [-0.39, 0.29) is 5.91 Å². The van der Waals surface area contributed by atoms with Crippen LogP contribution < -0.4 is 10.1 Å². The van der Waals surface area contributed by atoms with Gasteiger partial charge in [0.1, 0.15) is 5.75 Å². The fourth-order valence-electron chi connectivity index (χ4n) is 3.95. The second-order valence-corrected chi connectivity index (χ2v) is 8.38. The van der Waals surface area contributed by atoms with Crippen molar-refractivity contribution in [2.24, 2.45) is 11.8 Å². The number of piperidine rings is 1. The maximum atomic E-state index is 12.8. The normalized spacial score (nSPS) is 16.8. The third-order valence-corrected chi connectivity index (χ3v) is 5.94. The van der Waals surface area contributed by atoms with Crippen molar-refractivity contribution in [3.63, 3.8) is 0 Å². The Kier molecular flexibility index (Phi) is 6.90. The number of nitrogens with one attached hydrogen (secondary N) is 1.